The summed E-state index contributed by atoms with van der Waals surface area (Å²) >= 11 is 0. The van der Waals surface area contributed by atoms with E-state index < -0.39 is 29.2 Å². The molecular formula is C20H20F4N4O4. The van der Waals surface area contributed by atoms with Gasteiger partial charge >= 0.3 is 17.8 Å². The molecule has 2 aromatic rings. The molecule has 1 aromatic heterocycles. The summed E-state index contributed by atoms with van der Waals surface area (Å²) in [7, 11) is 0. The van der Waals surface area contributed by atoms with Crippen molar-refractivity contribution in [2.75, 3.05) is 24.5 Å². The van der Waals surface area contributed by atoms with Crippen LogP contribution in [0.4, 0.5) is 23.2 Å². The Labute approximate surface area is 178 Å². The molecule has 2 aliphatic heterocycles. The van der Waals surface area contributed by atoms with Crippen molar-refractivity contribution in [3.05, 3.63) is 38.8 Å². The molecule has 2 saturated heterocycles. The fourth-order valence-corrected chi connectivity index (χ4v) is 4.71. The maximum absolute atomic E-state index is 15.1. The molecule has 32 heavy (non-hydrogen) atoms. The van der Waals surface area contributed by atoms with Crippen LogP contribution in [0.3, 0.4) is 0 Å². The zero-order chi connectivity index (χ0) is 22.8. The number of carbonyl (C=O) groups excluding carboxylic acids is 1. The number of hydrogen-bond acceptors (Lipinski definition) is 6. The number of alkyl halides is 3. The molecule has 3 fully saturated rings. The van der Waals surface area contributed by atoms with Gasteiger partial charge in [-0.2, -0.15) is 13.2 Å². The highest BCUT2D eigenvalue weighted by molar-refractivity contribution is 5.83. The van der Waals surface area contributed by atoms with E-state index in [2.05, 4.69) is 10.2 Å². The van der Waals surface area contributed by atoms with Gasteiger partial charge in [-0.15, -0.1) is 0 Å². The van der Waals surface area contributed by atoms with Crippen molar-refractivity contribution in [1.82, 2.24) is 14.6 Å². The van der Waals surface area contributed by atoms with E-state index in [4.69, 9.17) is 0 Å². The maximum Gasteiger partial charge on any atom is 0.493 e. The molecular weight excluding hydrogens is 436 g/mol. The SMILES string of the molecule is O=C(On1c(=O)c2cc(F)c(N3C[C@@H]4CCCN[C@@H]4C3)cc2n(C2CC2)c1=O)C(F)(F)F. The molecule has 3 heterocycles. The van der Waals surface area contributed by atoms with Gasteiger partial charge in [0.1, 0.15) is 5.82 Å². The first kappa shape index (κ1) is 21.0. The number of anilines is 1. The van der Waals surface area contributed by atoms with E-state index in [0.717, 1.165) is 30.0 Å². The Morgan fingerprint density at radius 1 is 1.12 bits per heavy atom. The fraction of sp³-hybridized carbons (Fsp3) is 0.550. The van der Waals surface area contributed by atoms with Gasteiger partial charge in [-0.1, -0.05) is 4.73 Å². The van der Waals surface area contributed by atoms with Crippen LogP contribution in [-0.2, 0) is 4.79 Å². The van der Waals surface area contributed by atoms with Crippen molar-refractivity contribution in [2.24, 2.45) is 5.92 Å². The summed E-state index contributed by atoms with van der Waals surface area (Å²) in [5.41, 5.74) is -2.17. The lowest BCUT2D eigenvalue weighted by molar-refractivity contribution is -0.200. The summed E-state index contributed by atoms with van der Waals surface area (Å²) in [4.78, 5) is 42.7. The van der Waals surface area contributed by atoms with E-state index in [-0.39, 0.29) is 33.4 Å². The summed E-state index contributed by atoms with van der Waals surface area (Å²) in [6, 6.07) is 2.15. The summed E-state index contributed by atoms with van der Waals surface area (Å²) in [5.74, 6) is -3.08. The number of nitrogens with zero attached hydrogens (tertiary/aromatic N) is 3. The van der Waals surface area contributed by atoms with Gasteiger partial charge in [-0.25, -0.2) is 14.0 Å². The van der Waals surface area contributed by atoms with Crippen molar-refractivity contribution in [3.8, 4) is 0 Å². The molecule has 0 bridgehead atoms. The topological polar surface area (TPSA) is 85.6 Å². The van der Waals surface area contributed by atoms with Gasteiger partial charge in [0.05, 0.1) is 16.6 Å². The monoisotopic (exact) mass is 456 g/mol. The Hall–Kier alpha value is -2.89. The van der Waals surface area contributed by atoms with Gasteiger partial charge in [0, 0.05) is 25.2 Å². The zero-order valence-electron chi connectivity index (χ0n) is 16.8. The average molecular weight is 456 g/mol. The van der Waals surface area contributed by atoms with Gasteiger partial charge in [-0.05, 0) is 50.3 Å². The van der Waals surface area contributed by atoms with Gasteiger partial charge in [0.15, 0.2) is 0 Å². The second-order valence-corrected chi connectivity index (χ2v) is 8.55. The van der Waals surface area contributed by atoms with Crippen molar-refractivity contribution >= 4 is 22.6 Å². The van der Waals surface area contributed by atoms with Crippen LogP contribution < -0.4 is 26.3 Å². The van der Waals surface area contributed by atoms with Gasteiger partial charge in [0.2, 0.25) is 0 Å². The standard InChI is InChI=1S/C20H20F4N4O4/c21-13-6-12-15(7-16(13)26-8-10-2-1-5-25-14(10)9-26)27(11-3-4-11)19(31)28(17(12)29)32-18(30)20(22,23)24/h6-7,10-11,14,25H,1-5,8-9H2/t10-,14+/m0/s1. The largest absolute Gasteiger partial charge is 0.493 e. The number of piperidine rings is 1. The molecule has 0 radical (unpaired) electrons. The first-order chi connectivity index (χ1) is 15.1. The molecule has 1 aliphatic carbocycles. The van der Waals surface area contributed by atoms with Crippen molar-refractivity contribution in [2.45, 2.75) is 43.9 Å². The normalized spacial score (nSPS) is 23.4. The maximum atomic E-state index is 15.1. The lowest BCUT2D eigenvalue weighted by atomic mass is 9.94. The van der Waals surface area contributed by atoms with E-state index in [1.807, 2.05) is 4.90 Å². The molecule has 0 unspecified atom stereocenters. The molecule has 0 amide bonds. The lowest BCUT2D eigenvalue weighted by Crippen LogP contribution is -2.48. The molecule has 8 nitrogen and oxygen atoms in total. The quantitative estimate of drug-likeness (QED) is 0.702. The smallest absolute Gasteiger partial charge is 0.367 e. The number of hydrogen-bond donors (Lipinski definition) is 1. The molecule has 3 aliphatic rings. The predicted octanol–water partition coefficient (Wildman–Crippen LogP) is 1.34. The summed E-state index contributed by atoms with van der Waals surface area (Å²) in [6.45, 7) is 2.08. The fourth-order valence-electron chi connectivity index (χ4n) is 4.71. The van der Waals surface area contributed by atoms with Crippen LogP contribution in [0.2, 0.25) is 0 Å². The van der Waals surface area contributed by atoms with Crippen LogP contribution in [0.1, 0.15) is 31.7 Å². The van der Waals surface area contributed by atoms with E-state index in [1.165, 1.54) is 6.07 Å². The van der Waals surface area contributed by atoms with Gasteiger partial charge in [0.25, 0.3) is 5.56 Å². The third kappa shape index (κ3) is 3.46. The Morgan fingerprint density at radius 2 is 1.88 bits per heavy atom. The van der Waals surface area contributed by atoms with Crippen LogP contribution >= 0.6 is 0 Å². The Kier molecular flexibility index (Phi) is 4.80. The minimum atomic E-state index is -5.40. The highest BCUT2D eigenvalue weighted by Crippen LogP contribution is 2.37. The van der Waals surface area contributed by atoms with E-state index in [0.29, 0.717) is 31.8 Å². The molecule has 1 N–H and O–H groups in total. The molecule has 0 spiro atoms. The molecule has 1 saturated carbocycles. The number of aromatic nitrogens is 2. The number of halogens is 4. The van der Waals surface area contributed by atoms with Gasteiger partial charge in [-0.3, -0.25) is 9.36 Å². The van der Waals surface area contributed by atoms with E-state index >= 15 is 4.39 Å². The lowest BCUT2D eigenvalue weighted by Gasteiger charge is -2.24. The van der Waals surface area contributed by atoms with E-state index in [9.17, 15) is 27.6 Å². The number of benzene rings is 1. The van der Waals surface area contributed by atoms with Crippen LogP contribution in [-0.4, -0.2) is 47.1 Å². The molecule has 12 heteroatoms. The highest BCUT2D eigenvalue weighted by Gasteiger charge is 2.43. The third-order valence-corrected chi connectivity index (χ3v) is 6.38. The summed E-state index contributed by atoms with van der Waals surface area (Å²) < 4.78 is 53.8. The second kappa shape index (κ2) is 7.32. The summed E-state index contributed by atoms with van der Waals surface area (Å²) in [5, 5.41) is 3.09. The van der Waals surface area contributed by atoms with Crippen LogP contribution in [0, 0.1) is 11.7 Å². The zero-order valence-corrected chi connectivity index (χ0v) is 16.8. The second-order valence-electron chi connectivity index (χ2n) is 8.55. The molecule has 1 aromatic carbocycles. The van der Waals surface area contributed by atoms with Crippen molar-refractivity contribution in [3.63, 3.8) is 0 Å². The van der Waals surface area contributed by atoms with E-state index in [1.54, 1.807) is 0 Å². The van der Waals surface area contributed by atoms with Crippen LogP contribution in [0.5, 0.6) is 0 Å². The molecule has 172 valence electrons. The minimum absolute atomic E-state index is 0.112. The van der Waals surface area contributed by atoms with Crippen LogP contribution in [0.15, 0.2) is 21.7 Å². The number of carbonyl (C=O) groups is 1. The summed E-state index contributed by atoms with van der Waals surface area (Å²) in [6.07, 6.45) is -2.23. The number of fused-ring (bicyclic) bond motifs is 2. The minimum Gasteiger partial charge on any atom is -0.367 e. The predicted molar refractivity (Wildman–Crippen MR) is 105 cm³/mol. The Morgan fingerprint density at radius 3 is 2.53 bits per heavy atom. The van der Waals surface area contributed by atoms with Crippen molar-refractivity contribution in [1.29, 1.82) is 0 Å². The third-order valence-electron chi connectivity index (χ3n) is 6.38. The first-order valence-electron chi connectivity index (χ1n) is 10.4. The molecule has 2 atom stereocenters. The first-order valence-corrected chi connectivity index (χ1v) is 10.4. The number of nitrogens with one attached hydrogen (secondary N) is 1. The average Bonchev–Trinajstić information content (AvgIpc) is 3.47. The van der Waals surface area contributed by atoms with Crippen LogP contribution in [0.25, 0.3) is 10.9 Å². The Bertz CT molecular complexity index is 1200. The highest BCUT2D eigenvalue weighted by atomic mass is 19.4. The van der Waals surface area contributed by atoms with Crippen molar-refractivity contribution < 1.29 is 27.2 Å². The molecule has 5 rings (SSSR count). The number of rotatable bonds is 3. The Balaban J connectivity index is 1.63. The van der Waals surface area contributed by atoms with Gasteiger partial charge < -0.3 is 15.1 Å².